The Balaban J connectivity index is 1.22. The van der Waals surface area contributed by atoms with E-state index in [9.17, 15) is 5.26 Å². The normalized spacial score (nSPS) is 11.7. The zero-order valence-electron chi connectivity index (χ0n) is 31.8. The van der Waals surface area contributed by atoms with Gasteiger partial charge in [0.25, 0.3) is 0 Å². The number of fused-ring (bicyclic) bond motifs is 9. The van der Waals surface area contributed by atoms with Crippen molar-refractivity contribution in [1.82, 2.24) is 18.7 Å². The van der Waals surface area contributed by atoms with Crippen molar-refractivity contribution in [2.75, 3.05) is 0 Å². The largest absolute Gasteiger partial charge is 0.309 e. The van der Waals surface area contributed by atoms with Crippen molar-refractivity contribution < 1.29 is 0 Å². The molecule has 0 aliphatic rings. The Morgan fingerprint density at radius 1 is 0.356 bits per heavy atom. The molecule has 4 heterocycles. The number of benzene rings is 8. The van der Waals surface area contributed by atoms with Crippen LogP contribution in [0.5, 0.6) is 0 Å². The highest BCUT2D eigenvalue weighted by atomic mass is 15.0. The molecule has 0 amide bonds. The highest BCUT2D eigenvalue weighted by Crippen LogP contribution is 2.42. The highest BCUT2D eigenvalue weighted by Gasteiger charge is 2.22. The first-order valence-electron chi connectivity index (χ1n) is 19.8. The average Bonchev–Trinajstić information content (AvgIpc) is 3.94. The summed E-state index contributed by atoms with van der Waals surface area (Å²) in [4.78, 5) is 4.28. The molecule has 12 rings (SSSR count). The van der Waals surface area contributed by atoms with Gasteiger partial charge in [-0.2, -0.15) is 5.26 Å². The van der Waals surface area contributed by atoms with Gasteiger partial charge in [-0.05, 0) is 83.9 Å². The molecule has 5 nitrogen and oxygen atoms in total. The lowest BCUT2D eigenvalue weighted by molar-refractivity contribution is 1.14. The van der Waals surface area contributed by atoms with E-state index in [1.54, 1.807) is 12.4 Å². The molecule has 274 valence electrons. The molecular weight excluding hydrogens is 719 g/mol. The van der Waals surface area contributed by atoms with Crippen LogP contribution in [0.25, 0.3) is 105 Å². The quantitative estimate of drug-likeness (QED) is 0.176. The first-order chi connectivity index (χ1) is 29.2. The summed E-state index contributed by atoms with van der Waals surface area (Å²) < 4.78 is 7.14. The summed E-state index contributed by atoms with van der Waals surface area (Å²) in [6.45, 7) is 0. The second kappa shape index (κ2) is 12.9. The van der Waals surface area contributed by atoms with Gasteiger partial charge in [0.1, 0.15) is 0 Å². The van der Waals surface area contributed by atoms with Crippen molar-refractivity contribution in [3.05, 3.63) is 206 Å². The number of aromatic nitrogens is 4. The minimum absolute atomic E-state index is 0.595. The third-order valence-electron chi connectivity index (χ3n) is 12.0. The topological polar surface area (TPSA) is 51.5 Å². The van der Waals surface area contributed by atoms with E-state index in [0.717, 1.165) is 83.2 Å². The van der Waals surface area contributed by atoms with Crippen LogP contribution in [0.1, 0.15) is 5.56 Å². The number of hydrogen-bond acceptors (Lipinski definition) is 2. The monoisotopic (exact) mass is 751 g/mol. The number of nitriles is 1. The maximum atomic E-state index is 10.8. The fourth-order valence-electron chi connectivity index (χ4n) is 9.42. The van der Waals surface area contributed by atoms with Crippen molar-refractivity contribution in [3.8, 4) is 45.4 Å². The zero-order valence-corrected chi connectivity index (χ0v) is 31.8. The van der Waals surface area contributed by atoms with Crippen LogP contribution in [-0.2, 0) is 0 Å². The summed E-state index contributed by atoms with van der Waals surface area (Å²) in [6.07, 6.45) is 3.57. The van der Waals surface area contributed by atoms with Crippen LogP contribution in [0.3, 0.4) is 0 Å². The molecule has 8 aromatic carbocycles. The Kier molecular flexibility index (Phi) is 7.22. The molecule has 0 saturated carbocycles. The molecule has 0 N–H and O–H groups in total. The van der Waals surface area contributed by atoms with Crippen LogP contribution >= 0.6 is 0 Å². The molecule has 0 atom stereocenters. The molecule has 0 saturated heterocycles. The lowest BCUT2D eigenvalue weighted by atomic mass is 9.93. The number of rotatable bonds is 5. The Morgan fingerprint density at radius 3 is 1.25 bits per heavy atom. The van der Waals surface area contributed by atoms with E-state index in [2.05, 4.69) is 195 Å². The fraction of sp³-hybridized carbons (Fsp3) is 0. The standard InChI is InChI=1S/C54H33N5/c55-34-37-30-52(47(35-12-2-1-3-13-35)33-46(37)36-26-28-56-29-27-36)59-53-31-38(57-48-18-8-4-14-40(48)41-15-5-9-19-49(41)57)22-24-44(53)45-25-23-39(32-54(45)59)58-50-20-10-6-16-42(50)43-17-7-11-21-51(43)58/h1-33H. The van der Waals surface area contributed by atoms with E-state index in [-0.39, 0.29) is 0 Å². The SMILES string of the molecule is N#Cc1cc(-n2c3cc(-n4c5ccccc5c5ccccc54)ccc3c3ccc(-n4c5ccccc5c5ccccc54)cc32)c(-c2ccccc2)cc1-c1ccncc1. The number of para-hydroxylation sites is 4. The summed E-state index contributed by atoms with van der Waals surface area (Å²) in [5.74, 6) is 0. The Labute approximate surface area is 339 Å². The number of nitrogens with zero attached hydrogens (tertiary/aromatic N) is 5. The van der Waals surface area contributed by atoms with Crippen LogP contribution in [0.15, 0.2) is 200 Å². The first kappa shape index (κ1) is 33.0. The smallest absolute Gasteiger partial charge is 0.0998 e. The van der Waals surface area contributed by atoms with Gasteiger partial charge in [0, 0.05) is 67.2 Å². The van der Waals surface area contributed by atoms with Gasteiger partial charge < -0.3 is 13.7 Å². The van der Waals surface area contributed by atoms with Gasteiger partial charge in [-0.15, -0.1) is 0 Å². The lowest BCUT2D eigenvalue weighted by Crippen LogP contribution is -2.02. The first-order valence-corrected chi connectivity index (χ1v) is 19.8. The Morgan fingerprint density at radius 2 is 0.780 bits per heavy atom. The van der Waals surface area contributed by atoms with E-state index in [0.29, 0.717) is 5.56 Å². The van der Waals surface area contributed by atoms with Gasteiger partial charge in [-0.25, -0.2) is 0 Å². The van der Waals surface area contributed by atoms with Gasteiger partial charge >= 0.3 is 0 Å². The van der Waals surface area contributed by atoms with Crippen molar-refractivity contribution in [1.29, 1.82) is 5.26 Å². The second-order valence-electron chi connectivity index (χ2n) is 15.1. The maximum Gasteiger partial charge on any atom is 0.0998 e. The summed E-state index contributed by atoms with van der Waals surface area (Å²) in [5.41, 5.74) is 14.3. The lowest BCUT2D eigenvalue weighted by Gasteiger charge is -2.18. The number of pyridine rings is 1. The summed E-state index contributed by atoms with van der Waals surface area (Å²) >= 11 is 0. The average molecular weight is 752 g/mol. The third-order valence-corrected chi connectivity index (χ3v) is 12.0. The minimum atomic E-state index is 0.595. The van der Waals surface area contributed by atoms with E-state index in [4.69, 9.17) is 0 Å². The minimum Gasteiger partial charge on any atom is -0.309 e. The van der Waals surface area contributed by atoms with Crippen LogP contribution in [-0.4, -0.2) is 18.7 Å². The van der Waals surface area contributed by atoms with Crippen LogP contribution < -0.4 is 0 Å². The number of hydrogen-bond donors (Lipinski definition) is 0. The summed E-state index contributed by atoms with van der Waals surface area (Å²) in [7, 11) is 0. The van der Waals surface area contributed by atoms with E-state index in [1.807, 2.05) is 18.2 Å². The Hall–Kier alpha value is -8.20. The molecule has 0 fully saturated rings. The second-order valence-corrected chi connectivity index (χ2v) is 15.1. The van der Waals surface area contributed by atoms with Gasteiger partial charge in [-0.1, -0.05) is 115 Å². The molecule has 0 aliphatic carbocycles. The molecule has 5 heteroatoms. The molecule has 0 spiro atoms. The van der Waals surface area contributed by atoms with Crippen molar-refractivity contribution in [3.63, 3.8) is 0 Å². The molecule has 59 heavy (non-hydrogen) atoms. The van der Waals surface area contributed by atoms with Crippen LogP contribution in [0.2, 0.25) is 0 Å². The predicted octanol–water partition coefficient (Wildman–Crippen LogP) is 13.6. The molecule has 0 bridgehead atoms. The van der Waals surface area contributed by atoms with E-state index >= 15 is 0 Å². The molecule has 0 unspecified atom stereocenters. The van der Waals surface area contributed by atoms with E-state index < -0.39 is 0 Å². The zero-order chi connectivity index (χ0) is 39.0. The van der Waals surface area contributed by atoms with Crippen molar-refractivity contribution >= 4 is 65.4 Å². The molecular formula is C54H33N5. The van der Waals surface area contributed by atoms with Crippen molar-refractivity contribution in [2.45, 2.75) is 0 Å². The van der Waals surface area contributed by atoms with E-state index in [1.165, 1.54) is 21.5 Å². The molecule has 4 aromatic heterocycles. The van der Waals surface area contributed by atoms with Gasteiger partial charge in [0.15, 0.2) is 0 Å². The maximum absolute atomic E-state index is 10.8. The summed E-state index contributed by atoms with van der Waals surface area (Å²) in [6, 6.07) is 69.6. The summed E-state index contributed by atoms with van der Waals surface area (Å²) in [5, 5.41) is 18.0. The van der Waals surface area contributed by atoms with Crippen LogP contribution in [0, 0.1) is 11.3 Å². The molecule has 12 aromatic rings. The highest BCUT2D eigenvalue weighted by molar-refractivity contribution is 6.14. The van der Waals surface area contributed by atoms with Crippen molar-refractivity contribution in [2.24, 2.45) is 0 Å². The van der Waals surface area contributed by atoms with Gasteiger partial charge in [0.2, 0.25) is 0 Å². The van der Waals surface area contributed by atoms with Gasteiger partial charge in [-0.3, -0.25) is 4.98 Å². The molecule has 0 aliphatic heterocycles. The Bertz CT molecular complexity index is 3400. The molecule has 0 radical (unpaired) electrons. The van der Waals surface area contributed by atoms with Crippen LogP contribution in [0.4, 0.5) is 0 Å². The third kappa shape index (κ3) is 4.94. The fourth-order valence-corrected chi connectivity index (χ4v) is 9.42. The van der Waals surface area contributed by atoms with Gasteiger partial charge in [0.05, 0.1) is 50.4 Å². The predicted molar refractivity (Wildman–Crippen MR) is 243 cm³/mol.